The van der Waals surface area contributed by atoms with E-state index in [1.165, 1.54) is 12.8 Å². The van der Waals surface area contributed by atoms with E-state index in [-0.39, 0.29) is 12.6 Å². The molecule has 0 aromatic heterocycles. The molecule has 0 heterocycles. The molecular formula is C14H22N2O2. The maximum absolute atomic E-state index is 11.5. The Morgan fingerprint density at radius 2 is 1.89 bits per heavy atom. The van der Waals surface area contributed by atoms with E-state index in [4.69, 9.17) is 5.11 Å². The molecule has 0 aliphatic carbocycles. The number of aliphatic hydroxyl groups excluding tert-OH is 1. The number of benzene rings is 1. The minimum atomic E-state index is -0.178. The first-order valence-electron chi connectivity index (χ1n) is 6.51. The molecule has 0 fully saturated rings. The van der Waals surface area contributed by atoms with E-state index < -0.39 is 0 Å². The molecule has 0 saturated heterocycles. The van der Waals surface area contributed by atoms with Crippen LogP contribution in [0.1, 0.15) is 38.2 Å². The number of aliphatic hydroxyl groups is 1. The van der Waals surface area contributed by atoms with Crippen molar-refractivity contribution in [1.82, 2.24) is 5.32 Å². The molecule has 4 nitrogen and oxygen atoms in total. The first kappa shape index (κ1) is 14.5. The summed E-state index contributed by atoms with van der Waals surface area (Å²) in [7, 11) is 0. The summed E-state index contributed by atoms with van der Waals surface area (Å²) in [6.07, 6.45) is 4.59. The van der Waals surface area contributed by atoms with Crippen molar-refractivity contribution in [2.45, 2.75) is 39.2 Å². The number of hydrogen-bond acceptors (Lipinski definition) is 2. The average molecular weight is 250 g/mol. The molecule has 0 aliphatic rings. The number of hydrogen-bond donors (Lipinski definition) is 3. The van der Waals surface area contributed by atoms with Crippen molar-refractivity contribution in [1.29, 1.82) is 0 Å². The van der Waals surface area contributed by atoms with Crippen LogP contribution in [0.5, 0.6) is 0 Å². The summed E-state index contributed by atoms with van der Waals surface area (Å²) in [5.74, 6) is 0. The van der Waals surface area contributed by atoms with Crippen molar-refractivity contribution in [3.8, 4) is 0 Å². The summed E-state index contributed by atoms with van der Waals surface area (Å²) in [5, 5.41) is 14.5. The number of carbonyl (C=O) groups excluding carboxylic acids is 1. The zero-order valence-electron chi connectivity index (χ0n) is 10.9. The standard InChI is InChI=1S/C14H22N2O2/c1-2-3-4-5-10-15-14(18)16-13-8-6-12(11-17)7-9-13/h6-9,17H,2-5,10-11H2,1H3,(H2,15,16,18). The first-order chi connectivity index (χ1) is 8.76. The molecular weight excluding hydrogens is 228 g/mol. The van der Waals surface area contributed by atoms with E-state index in [2.05, 4.69) is 17.6 Å². The molecule has 2 amide bonds. The van der Waals surface area contributed by atoms with E-state index >= 15 is 0 Å². The molecule has 0 aliphatic heterocycles. The second kappa shape index (κ2) is 8.53. The molecule has 0 radical (unpaired) electrons. The van der Waals surface area contributed by atoms with Gasteiger partial charge in [-0.15, -0.1) is 0 Å². The third kappa shape index (κ3) is 5.68. The van der Waals surface area contributed by atoms with Crippen molar-refractivity contribution in [3.05, 3.63) is 29.8 Å². The molecule has 0 unspecified atom stereocenters. The van der Waals surface area contributed by atoms with E-state index in [1.807, 2.05) is 0 Å². The molecule has 1 rings (SSSR count). The van der Waals surface area contributed by atoms with Crippen molar-refractivity contribution < 1.29 is 9.90 Å². The highest BCUT2D eigenvalue weighted by atomic mass is 16.3. The zero-order chi connectivity index (χ0) is 13.2. The van der Waals surface area contributed by atoms with Gasteiger partial charge >= 0.3 is 6.03 Å². The first-order valence-corrected chi connectivity index (χ1v) is 6.51. The lowest BCUT2D eigenvalue weighted by molar-refractivity contribution is 0.252. The number of anilines is 1. The highest BCUT2D eigenvalue weighted by Crippen LogP contribution is 2.09. The lowest BCUT2D eigenvalue weighted by Crippen LogP contribution is -2.29. The van der Waals surface area contributed by atoms with Crippen molar-refractivity contribution in [3.63, 3.8) is 0 Å². The third-order valence-electron chi connectivity index (χ3n) is 2.71. The smallest absolute Gasteiger partial charge is 0.319 e. The van der Waals surface area contributed by atoms with Gasteiger partial charge in [0.25, 0.3) is 0 Å². The summed E-state index contributed by atoms with van der Waals surface area (Å²) >= 11 is 0. The molecule has 0 bridgehead atoms. The van der Waals surface area contributed by atoms with E-state index in [0.717, 1.165) is 24.1 Å². The topological polar surface area (TPSA) is 61.4 Å². The summed E-state index contributed by atoms with van der Waals surface area (Å²) in [6, 6.07) is 6.96. The van der Waals surface area contributed by atoms with Gasteiger partial charge in [0.2, 0.25) is 0 Å². The number of carbonyl (C=O) groups is 1. The molecule has 1 aromatic carbocycles. The predicted octanol–water partition coefficient (Wildman–Crippen LogP) is 2.88. The van der Waals surface area contributed by atoms with Gasteiger partial charge < -0.3 is 15.7 Å². The Morgan fingerprint density at radius 3 is 2.50 bits per heavy atom. The third-order valence-corrected chi connectivity index (χ3v) is 2.71. The fourth-order valence-electron chi connectivity index (χ4n) is 1.62. The van der Waals surface area contributed by atoms with Gasteiger partial charge in [-0.05, 0) is 24.1 Å². The largest absolute Gasteiger partial charge is 0.392 e. The Balaban J connectivity index is 2.22. The number of nitrogens with one attached hydrogen (secondary N) is 2. The maximum Gasteiger partial charge on any atom is 0.319 e. The van der Waals surface area contributed by atoms with Crippen LogP contribution in [0.4, 0.5) is 10.5 Å². The van der Waals surface area contributed by atoms with Crippen molar-refractivity contribution in [2.75, 3.05) is 11.9 Å². The van der Waals surface area contributed by atoms with Gasteiger partial charge in [0.05, 0.1) is 6.61 Å². The molecule has 100 valence electrons. The van der Waals surface area contributed by atoms with Crippen LogP contribution < -0.4 is 10.6 Å². The van der Waals surface area contributed by atoms with Gasteiger partial charge in [-0.1, -0.05) is 38.3 Å². The number of urea groups is 1. The van der Waals surface area contributed by atoms with Gasteiger partial charge in [-0.25, -0.2) is 4.79 Å². The van der Waals surface area contributed by atoms with Crippen LogP contribution in [0.25, 0.3) is 0 Å². The monoisotopic (exact) mass is 250 g/mol. The molecule has 0 spiro atoms. The highest BCUT2D eigenvalue weighted by molar-refractivity contribution is 5.89. The second-order valence-electron chi connectivity index (χ2n) is 4.30. The molecule has 4 heteroatoms. The van der Waals surface area contributed by atoms with Crippen LogP contribution in [-0.4, -0.2) is 17.7 Å². The Kier molecular flexibility index (Phi) is 6.87. The number of unbranched alkanes of at least 4 members (excludes halogenated alkanes) is 3. The van der Waals surface area contributed by atoms with Gasteiger partial charge in [0.15, 0.2) is 0 Å². The van der Waals surface area contributed by atoms with Crippen LogP contribution in [-0.2, 0) is 6.61 Å². The molecule has 3 N–H and O–H groups in total. The van der Waals surface area contributed by atoms with E-state index in [0.29, 0.717) is 6.54 Å². The predicted molar refractivity (Wildman–Crippen MR) is 73.5 cm³/mol. The minimum absolute atomic E-state index is 0.0178. The lowest BCUT2D eigenvalue weighted by atomic mass is 10.2. The minimum Gasteiger partial charge on any atom is -0.392 e. The quantitative estimate of drug-likeness (QED) is 0.652. The zero-order valence-corrected chi connectivity index (χ0v) is 10.9. The summed E-state index contributed by atoms with van der Waals surface area (Å²) < 4.78 is 0. The molecule has 0 atom stereocenters. The maximum atomic E-state index is 11.5. The molecule has 1 aromatic rings. The van der Waals surface area contributed by atoms with Crippen LogP contribution in [0.3, 0.4) is 0 Å². The summed E-state index contributed by atoms with van der Waals surface area (Å²) in [6.45, 7) is 2.89. The Bertz CT molecular complexity index is 349. The molecule has 18 heavy (non-hydrogen) atoms. The Morgan fingerprint density at radius 1 is 1.17 bits per heavy atom. The second-order valence-corrected chi connectivity index (χ2v) is 4.30. The van der Waals surface area contributed by atoms with Crippen LogP contribution in [0.2, 0.25) is 0 Å². The number of amides is 2. The van der Waals surface area contributed by atoms with Crippen LogP contribution in [0, 0.1) is 0 Å². The van der Waals surface area contributed by atoms with Gasteiger partial charge in [-0.2, -0.15) is 0 Å². The van der Waals surface area contributed by atoms with Crippen molar-refractivity contribution >= 4 is 11.7 Å². The fraction of sp³-hybridized carbons (Fsp3) is 0.500. The summed E-state index contributed by atoms with van der Waals surface area (Å²) in [4.78, 5) is 11.5. The highest BCUT2D eigenvalue weighted by Gasteiger charge is 2.00. The number of rotatable bonds is 7. The van der Waals surface area contributed by atoms with Gasteiger partial charge in [0, 0.05) is 12.2 Å². The normalized spacial score (nSPS) is 10.1. The van der Waals surface area contributed by atoms with E-state index in [1.54, 1.807) is 24.3 Å². The van der Waals surface area contributed by atoms with Crippen LogP contribution >= 0.6 is 0 Å². The van der Waals surface area contributed by atoms with E-state index in [9.17, 15) is 4.79 Å². The van der Waals surface area contributed by atoms with Gasteiger partial charge in [0.1, 0.15) is 0 Å². The van der Waals surface area contributed by atoms with Gasteiger partial charge in [-0.3, -0.25) is 0 Å². The fourth-order valence-corrected chi connectivity index (χ4v) is 1.62. The Hall–Kier alpha value is -1.55. The Labute approximate surface area is 108 Å². The van der Waals surface area contributed by atoms with Crippen LogP contribution in [0.15, 0.2) is 24.3 Å². The SMILES string of the molecule is CCCCCCNC(=O)Nc1ccc(CO)cc1. The van der Waals surface area contributed by atoms with Crippen molar-refractivity contribution in [2.24, 2.45) is 0 Å². The summed E-state index contributed by atoms with van der Waals surface area (Å²) in [5.41, 5.74) is 1.57. The lowest BCUT2D eigenvalue weighted by Gasteiger charge is -2.07. The average Bonchev–Trinajstić information content (AvgIpc) is 2.39. The molecule has 0 saturated carbocycles.